The van der Waals surface area contributed by atoms with Crippen molar-refractivity contribution in [1.82, 2.24) is 10.6 Å². The van der Waals surface area contributed by atoms with Crippen LogP contribution in [0.15, 0.2) is 22.8 Å². The lowest BCUT2D eigenvalue weighted by molar-refractivity contribution is 0.188. The van der Waals surface area contributed by atoms with E-state index in [1.165, 1.54) is 0 Å². The van der Waals surface area contributed by atoms with Gasteiger partial charge in [-0.05, 0) is 25.5 Å². The molecule has 1 aliphatic rings. The van der Waals surface area contributed by atoms with Crippen molar-refractivity contribution in [3.05, 3.63) is 24.2 Å². The van der Waals surface area contributed by atoms with Crippen LogP contribution in [0.5, 0.6) is 0 Å². The molecule has 2 unspecified atom stereocenters. The highest BCUT2D eigenvalue weighted by molar-refractivity contribution is 5.74. The molecule has 5 nitrogen and oxygen atoms in total. The highest BCUT2D eigenvalue weighted by Crippen LogP contribution is 2.12. The summed E-state index contributed by atoms with van der Waals surface area (Å²) in [5.41, 5.74) is 0. The number of hydrogen-bond acceptors (Lipinski definition) is 3. The Hall–Kier alpha value is -1.49. The third-order valence-electron chi connectivity index (χ3n) is 2.58. The molecule has 2 rings (SSSR count). The Morgan fingerprint density at radius 1 is 1.62 bits per heavy atom. The van der Waals surface area contributed by atoms with Gasteiger partial charge in [-0.3, -0.25) is 0 Å². The maximum Gasteiger partial charge on any atom is 0.315 e. The summed E-state index contributed by atoms with van der Waals surface area (Å²) >= 11 is 0. The highest BCUT2D eigenvalue weighted by Gasteiger charge is 2.19. The molecule has 0 bridgehead atoms. The summed E-state index contributed by atoms with van der Waals surface area (Å²) in [7, 11) is 0. The van der Waals surface area contributed by atoms with E-state index in [4.69, 9.17) is 9.15 Å². The first kappa shape index (κ1) is 11.0. The lowest BCUT2D eigenvalue weighted by Gasteiger charge is -2.15. The number of carbonyl (C=O) groups excluding carboxylic acids is 1. The van der Waals surface area contributed by atoms with E-state index in [9.17, 15) is 4.79 Å². The molecule has 1 aliphatic heterocycles. The van der Waals surface area contributed by atoms with Gasteiger partial charge in [0.05, 0.1) is 25.0 Å². The summed E-state index contributed by atoms with van der Waals surface area (Å²) in [4.78, 5) is 11.6. The van der Waals surface area contributed by atoms with Gasteiger partial charge in [0, 0.05) is 6.61 Å². The zero-order valence-corrected chi connectivity index (χ0v) is 9.23. The van der Waals surface area contributed by atoms with Gasteiger partial charge in [-0.25, -0.2) is 4.79 Å². The van der Waals surface area contributed by atoms with E-state index < -0.39 is 0 Å². The van der Waals surface area contributed by atoms with Gasteiger partial charge in [-0.15, -0.1) is 0 Å². The third-order valence-corrected chi connectivity index (χ3v) is 2.58. The number of urea groups is 1. The first-order valence-electron chi connectivity index (χ1n) is 5.44. The summed E-state index contributed by atoms with van der Waals surface area (Å²) < 4.78 is 10.4. The van der Waals surface area contributed by atoms with Crippen molar-refractivity contribution in [3.63, 3.8) is 0 Å². The molecule has 2 atom stereocenters. The second-order valence-corrected chi connectivity index (χ2v) is 3.92. The molecular formula is C11H16N2O3. The number of nitrogens with one attached hydrogen (secondary N) is 2. The van der Waals surface area contributed by atoms with Gasteiger partial charge in [0.1, 0.15) is 5.76 Å². The minimum Gasteiger partial charge on any atom is -0.467 e. The lowest BCUT2D eigenvalue weighted by Crippen LogP contribution is -2.43. The molecule has 0 aliphatic carbocycles. The van der Waals surface area contributed by atoms with Gasteiger partial charge in [0.25, 0.3) is 0 Å². The fourth-order valence-corrected chi connectivity index (χ4v) is 1.68. The van der Waals surface area contributed by atoms with E-state index in [1.54, 1.807) is 12.3 Å². The Labute approximate surface area is 94.1 Å². The average Bonchev–Trinajstić information content (AvgIpc) is 2.88. The van der Waals surface area contributed by atoms with E-state index >= 15 is 0 Å². The van der Waals surface area contributed by atoms with Crippen LogP contribution in [-0.2, 0) is 4.74 Å². The molecule has 0 spiro atoms. The molecule has 2 amide bonds. The van der Waals surface area contributed by atoms with Crippen molar-refractivity contribution in [3.8, 4) is 0 Å². The fraction of sp³-hybridized carbons (Fsp3) is 0.545. The molecule has 0 radical (unpaired) electrons. The van der Waals surface area contributed by atoms with E-state index in [0.717, 1.165) is 18.8 Å². The van der Waals surface area contributed by atoms with Crippen LogP contribution in [-0.4, -0.2) is 25.3 Å². The highest BCUT2D eigenvalue weighted by atomic mass is 16.5. The lowest BCUT2D eigenvalue weighted by atomic mass is 10.2. The quantitative estimate of drug-likeness (QED) is 0.816. The fourth-order valence-electron chi connectivity index (χ4n) is 1.68. The summed E-state index contributed by atoms with van der Waals surface area (Å²) in [6, 6.07) is 3.46. The maximum absolute atomic E-state index is 11.6. The monoisotopic (exact) mass is 224 g/mol. The maximum atomic E-state index is 11.6. The van der Waals surface area contributed by atoms with E-state index in [1.807, 2.05) is 13.0 Å². The summed E-state index contributed by atoms with van der Waals surface area (Å²) in [6.07, 6.45) is 2.47. The molecule has 0 aromatic carbocycles. The Morgan fingerprint density at radius 3 is 3.12 bits per heavy atom. The third kappa shape index (κ3) is 2.76. The standard InChI is InChI=1S/C11H16N2O3/c1-8(10-3-2-5-16-10)12-11(14)13-9-4-6-15-7-9/h2-3,5,8-9H,4,6-7H2,1H3,(H2,12,13,14). The van der Waals surface area contributed by atoms with E-state index in [2.05, 4.69) is 10.6 Å². The van der Waals surface area contributed by atoms with Crippen LogP contribution in [0.1, 0.15) is 25.1 Å². The van der Waals surface area contributed by atoms with Crippen LogP contribution in [0.25, 0.3) is 0 Å². The van der Waals surface area contributed by atoms with E-state index in [0.29, 0.717) is 6.61 Å². The van der Waals surface area contributed by atoms with E-state index in [-0.39, 0.29) is 18.1 Å². The normalized spacial score (nSPS) is 21.7. The number of hydrogen-bond donors (Lipinski definition) is 2. The summed E-state index contributed by atoms with van der Waals surface area (Å²) in [6.45, 7) is 3.20. The number of furan rings is 1. The average molecular weight is 224 g/mol. The Balaban J connectivity index is 1.78. The van der Waals surface area contributed by atoms with Crippen molar-refractivity contribution in [1.29, 1.82) is 0 Å². The first-order valence-corrected chi connectivity index (χ1v) is 5.44. The first-order chi connectivity index (χ1) is 7.75. The topological polar surface area (TPSA) is 63.5 Å². The second-order valence-electron chi connectivity index (χ2n) is 3.92. The number of carbonyl (C=O) groups is 1. The van der Waals surface area contributed by atoms with Gasteiger partial charge in [0.2, 0.25) is 0 Å². The van der Waals surface area contributed by atoms with Crippen LogP contribution in [0.4, 0.5) is 4.79 Å². The van der Waals surface area contributed by atoms with Gasteiger partial charge in [-0.2, -0.15) is 0 Å². The smallest absolute Gasteiger partial charge is 0.315 e. The number of rotatable bonds is 3. The Morgan fingerprint density at radius 2 is 2.50 bits per heavy atom. The molecule has 1 fully saturated rings. The van der Waals surface area contributed by atoms with Gasteiger partial charge >= 0.3 is 6.03 Å². The predicted octanol–water partition coefficient (Wildman–Crippen LogP) is 1.43. The minimum atomic E-state index is -0.181. The molecular weight excluding hydrogens is 208 g/mol. The molecule has 2 N–H and O–H groups in total. The summed E-state index contributed by atoms with van der Waals surface area (Å²) in [5, 5.41) is 5.66. The number of ether oxygens (including phenoxy) is 1. The zero-order chi connectivity index (χ0) is 11.4. The molecule has 5 heteroatoms. The predicted molar refractivity (Wildman–Crippen MR) is 58.0 cm³/mol. The molecule has 0 saturated carbocycles. The SMILES string of the molecule is CC(NC(=O)NC1CCOC1)c1ccco1. The van der Waals surface area contributed by atoms with Crippen molar-refractivity contribution in [2.24, 2.45) is 0 Å². The molecule has 1 aromatic rings. The van der Waals surface area contributed by atoms with Crippen LogP contribution < -0.4 is 10.6 Å². The largest absolute Gasteiger partial charge is 0.467 e. The molecule has 1 aromatic heterocycles. The van der Waals surface area contributed by atoms with Gasteiger partial charge in [-0.1, -0.05) is 0 Å². The molecule has 2 heterocycles. The van der Waals surface area contributed by atoms with Crippen LogP contribution in [0, 0.1) is 0 Å². The minimum absolute atomic E-state index is 0.127. The van der Waals surface area contributed by atoms with Crippen molar-refractivity contribution in [2.75, 3.05) is 13.2 Å². The second kappa shape index (κ2) is 5.03. The molecule has 88 valence electrons. The summed E-state index contributed by atoms with van der Waals surface area (Å²) in [5.74, 6) is 0.748. The zero-order valence-electron chi connectivity index (χ0n) is 9.23. The van der Waals surface area contributed by atoms with Crippen LogP contribution in [0.2, 0.25) is 0 Å². The van der Waals surface area contributed by atoms with Crippen molar-refractivity contribution >= 4 is 6.03 Å². The van der Waals surface area contributed by atoms with Crippen LogP contribution in [0.3, 0.4) is 0 Å². The van der Waals surface area contributed by atoms with Gasteiger partial charge in [0.15, 0.2) is 0 Å². The molecule has 1 saturated heterocycles. The van der Waals surface area contributed by atoms with Crippen molar-refractivity contribution in [2.45, 2.75) is 25.4 Å². The Bertz CT molecular complexity index is 331. The van der Waals surface area contributed by atoms with Crippen molar-refractivity contribution < 1.29 is 13.9 Å². The van der Waals surface area contributed by atoms with Gasteiger partial charge < -0.3 is 19.8 Å². The number of amides is 2. The van der Waals surface area contributed by atoms with Crippen LogP contribution >= 0.6 is 0 Å². The Kier molecular flexibility index (Phi) is 3.46. The molecule has 16 heavy (non-hydrogen) atoms.